The third-order valence-corrected chi connectivity index (χ3v) is 2.82. The molecule has 0 bridgehead atoms. The number of esters is 1. The number of benzene rings is 2. The van der Waals surface area contributed by atoms with Crippen molar-refractivity contribution in [2.24, 2.45) is 0 Å². The number of phenolic OH excluding ortho intramolecular Hbond substituents is 1. The highest BCUT2D eigenvalue weighted by Gasteiger charge is 2.14. The summed E-state index contributed by atoms with van der Waals surface area (Å²) in [6, 6.07) is 10.2. The van der Waals surface area contributed by atoms with Crippen LogP contribution in [0.15, 0.2) is 36.4 Å². The molecule has 20 heavy (non-hydrogen) atoms. The van der Waals surface area contributed by atoms with Crippen LogP contribution < -0.4 is 0 Å². The Labute approximate surface area is 114 Å². The number of ether oxygens (including phenoxy) is 1. The van der Waals surface area contributed by atoms with Crippen LogP contribution in [0.1, 0.15) is 15.9 Å². The third kappa shape index (κ3) is 2.45. The van der Waals surface area contributed by atoms with Gasteiger partial charge in [0.2, 0.25) is 0 Å². The molecule has 0 aliphatic heterocycles. The summed E-state index contributed by atoms with van der Waals surface area (Å²) in [5, 5.41) is 18.4. The molecule has 0 aliphatic carbocycles. The van der Waals surface area contributed by atoms with E-state index in [1.165, 1.54) is 31.4 Å². The van der Waals surface area contributed by atoms with Crippen LogP contribution in [0, 0.1) is 17.1 Å². The third-order valence-electron chi connectivity index (χ3n) is 2.82. The fraction of sp³-hybridized carbons (Fsp3) is 0.0667. The van der Waals surface area contributed by atoms with Crippen molar-refractivity contribution in [1.29, 1.82) is 5.26 Å². The van der Waals surface area contributed by atoms with Gasteiger partial charge in [0.25, 0.3) is 0 Å². The first-order valence-electron chi connectivity index (χ1n) is 5.68. The summed E-state index contributed by atoms with van der Waals surface area (Å²) in [6.07, 6.45) is 0. The number of nitrogens with zero attached hydrogens (tertiary/aromatic N) is 1. The number of aromatic hydroxyl groups is 1. The Morgan fingerprint density at radius 3 is 2.50 bits per heavy atom. The molecule has 2 aromatic rings. The molecular formula is C15H10FNO3. The van der Waals surface area contributed by atoms with Crippen LogP contribution in [0.25, 0.3) is 11.1 Å². The van der Waals surface area contributed by atoms with E-state index in [0.29, 0.717) is 11.1 Å². The average molecular weight is 271 g/mol. The van der Waals surface area contributed by atoms with Crippen molar-refractivity contribution < 1.29 is 19.0 Å². The van der Waals surface area contributed by atoms with Gasteiger partial charge in [0, 0.05) is 0 Å². The fourth-order valence-corrected chi connectivity index (χ4v) is 1.78. The largest absolute Gasteiger partial charge is 0.507 e. The van der Waals surface area contributed by atoms with E-state index in [4.69, 9.17) is 5.26 Å². The molecule has 5 heteroatoms. The summed E-state index contributed by atoms with van der Waals surface area (Å²) < 4.78 is 18.0. The molecular weight excluding hydrogens is 261 g/mol. The van der Waals surface area contributed by atoms with Gasteiger partial charge in [0.1, 0.15) is 17.6 Å². The molecule has 4 nitrogen and oxygen atoms in total. The molecule has 0 saturated heterocycles. The smallest absolute Gasteiger partial charge is 0.340 e. The highest BCUT2D eigenvalue weighted by molar-refractivity contribution is 5.91. The number of hydrogen-bond donors (Lipinski definition) is 1. The zero-order valence-corrected chi connectivity index (χ0v) is 10.6. The second-order valence-electron chi connectivity index (χ2n) is 4.03. The second-order valence-corrected chi connectivity index (χ2v) is 4.03. The number of carbonyl (C=O) groups excluding carboxylic acids is 1. The Kier molecular flexibility index (Phi) is 3.67. The van der Waals surface area contributed by atoms with Crippen LogP contribution in [0.4, 0.5) is 4.39 Å². The Bertz CT molecular complexity index is 720. The summed E-state index contributed by atoms with van der Waals surface area (Å²) >= 11 is 0. The van der Waals surface area contributed by atoms with Gasteiger partial charge in [-0.25, -0.2) is 9.18 Å². The van der Waals surface area contributed by atoms with Crippen LogP contribution >= 0.6 is 0 Å². The van der Waals surface area contributed by atoms with E-state index in [-0.39, 0.29) is 16.9 Å². The average Bonchev–Trinajstić information content (AvgIpc) is 2.47. The summed E-state index contributed by atoms with van der Waals surface area (Å²) in [5.41, 5.74) is 1.05. The van der Waals surface area contributed by atoms with Gasteiger partial charge < -0.3 is 9.84 Å². The number of phenols is 1. The molecule has 0 aromatic heterocycles. The Hall–Kier alpha value is -2.87. The number of carbonyl (C=O) groups is 1. The zero-order chi connectivity index (χ0) is 14.7. The maximum atomic E-state index is 13.5. The van der Waals surface area contributed by atoms with Crippen LogP contribution in [-0.2, 0) is 4.74 Å². The molecule has 2 rings (SSSR count). The van der Waals surface area contributed by atoms with Gasteiger partial charge >= 0.3 is 5.97 Å². The molecule has 100 valence electrons. The number of rotatable bonds is 2. The van der Waals surface area contributed by atoms with Crippen molar-refractivity contribution in [3.05, 3.63) is 53.3 Å². The van der Waals surface area contributed by atoms with Crippen molar-refractivity contribution in [3.8, 4) is 22.9 Å². The summed E-state index contributed by atoms with van der Waals surface area (Å²) in [6.45, 7) is 0. The minimum Gasteiger partial charge on any atom is -0.507 e. The van der Waals surface area contributed by atoms with Gasteiger partial charge in [-0.1, -0.05) is 12.1 Å². The molecule has 2 aromatic carbocycles. The number of halogens is 1. The normalized spacial score (nSPS) is 9.85. The van der Waals surface area contributed by atoms with E-state index in [0.717, 1.165) is 6.07 Å². The van der Waals surface area contributed by atoms with Crippen LogP contribution in [0.2, 0.25) is 0 Å². The lowest BCUT2D eigenvalue weighted by molar-refractivity contribution is 0.0595. The molecule has 0 amide bonds. The fourth-order valence-electron chi connectivity index (χ4n) is 1.78. The van der Waals surface area contributed by atoms with Gasteiger partial charge in [-0.15, -0.1) is 0 Å². The van der Waals surface area contributed by atoms with Crippen molar-refractivity contribution in [2.75, 3.05) is 7.11 Å². The minimum atomic E-state index is -0.776. The standard InChI is InChI=1S/C15H10FNO3/c1-20-15(19)12-6-9(4-5-13(12)16)10-2-3-11(8-17)14(18)7-10/h2-7,18H,1H3. The molecule has 0 fully saturated rings. The monoisotopic (exact) mass is 271 g/mol. The van der Waals surface area contributed by atoms with E-state index >= 15 is 0 Å². The van der Waals surface area contributed by atoms with Crippen LogP contribution in [0.3, 0.4) is 0 Å². The quantitative estimate of drug-likeness (QED) is 0.852. The predicted molar refractivity (Wildman–Crippen MR) is 69.6 cm³/mol. The maximum absolute atomic E-state index is 13.5. The van der Waals surface area contributed by atoms with Crippen molar-refractivity contribution in [2.45, 2.75) is 0 Å². The first-order chi connectivity index (χ1) is 9.56. The van der Waals surface area contributed by atoms with E-state index in [1.54, 1.807) is 6.07 Å². The molecule has 0 heterocycles. The summed E-state index contributed by atoms with van der Waals surface area (Å²) in [4.78, 5) is 11.4. The second kappa shape index (κ2) is 5.41. The van der Waals surface area contributed by atoms with E-state index < -0.39 is 11.8 Å². The van der Waals surface area contributed by atoms with Gasteiger partial charge in [0.15, 0.2) is 0 Å². The molecule has 0 radical (unpaired) electrons. The minimum absolute atomic E-state index is 0.143. The topological polar surface area (TPSA) is 70.3 Å². The van der Waals surface area contributed by atoms with Crippen molar-refractivity contribution >= 4 is 5.97 Å². The summed E-state index contributed by atoms with van der Waals surface area (Å²) in [5.74, 6) is -1.63. The number of hydrogen-bond acceptors (Lipinski definition) is 4. The van der Waals surface area contributed by atoms with E-state index in [2.05, 4.69) is 4.74 Å². The van der Waals surface area contributed by atoms with Crippen molar-refractivity contribution in [1.82, 2.24) is 0 Å². The molecule has 1 N–H and O–H groups in total. The lowest BCUT2D eigenvalue weighted by Crippen LogP contribution is -2.04. The molecule has 0 atom stereocenters. The SMILES string of the molecule is COC(=O)c1cc(-c2ccc(C#N)c(O)c2)ccc1F. The highest BCUT2D eigenvalue weighted by atomic mass is 19.1. The highest BCUT2D eigenvalue weighted by Crippen LogP contribution is 2.27. The molecule has 0 saturated carbocycles. The first kappa shape index (κ1) is 13.6. The van der Waals surface area contributed by atoms with Gasteiger partial charge in [0.05, 0.1) is 18.2 Å². The Morgan fingerprint density at radius 2 is 1.90 bits per heavy atom. The molecule has 0 aliphatic rings. The van der Waals surface area contributed by atoms with Gasteiger partial charge in [-0.3, -0.25) is 0 Å². The molecule has 0 spiro atoms. The maximum Gasteiger partial charge on any atom is 0.340 e. The van der Waals surface area contributed by atoms with Gasteiger partial charge in [-0.05, 0) is 35.4 Å². The summed E-state index contributed by atoms with van der Waals surface area (Å²) in [7, 11) is 1.17. The molecule has 0 unspecified atom stereocenters. The predicted octanol–water partition coefficient (Wildman–Crippen LogP) is 2.86. The van der Waals surface area contributed by atoms with E-state index in [1.807, 2.05) is 6.07 Å². The first-order valence-corrected chi connectivity index (χ1v) is 5.68. The zero-order valence-electron chi connectivity index (χ0n) is 10.6. The lowest BCUT2D eigenvalue weighted by Gasteiger charge is -2.07. The Balaban J connectivity index is 2.51. The Morgan fingerprint density at radius 1 is 1.25 bits per heavy atom. The lowest BCUT2D eigenvalue weighted by atomic mass is 10.0. The number of methoxy groups -OCH3 is 1. The number of nitriles is 1. The van der Waals surface area contributed by atoms with Gasteiger partial charge in [-0.2, -0.15) is 5.26 Å². The van der Waals surface area contributed by atoms with E-state index in [9.17, 15) is 14.3 Å². The van der Waals surface area contributed by atoms with Crippen LogP contribution in [0.5, 0.6) is 5.75 Å². The van der Waals surface area contributed by atoms with Crippen molar-refractivity contribution in [3.63, 3.8) is 0 Å². The van der Waals surface area contributed by atoms with Crippen LogP contribution in [-0.4, -0.2) is 18.2 Å².